The van der Waals surface area contributed by atoms with Crippen molar-refractivity contribution in [1.82, 2.24) is 5.32 Å². The molecule has 6 heteroatoms. The van der Waals surface area contributed by atoms with E-state index in [2.05, 4.69) is 5.32 Å². The van der Waals surface area contributed by atoms with Gasteiger partial charge in [-0.1, -0.05) is 0 Å². The van der Waals surface area contributed by atoms with E-state index in [-0.39, 0.29) is 18.4 Å². The van der Waals surface area contributed by atoms with Gasteiger partial charge < -0.3 is 18.9 Å². The Balaban J connectivity index is 1.73. The molecule has 0 bridgehead atoms. The van der Waals surface area contributed by atoms with Crippen LogP contribution in [0, 0.1) is 27.7 Å². The number of hydrogen-bond acceptors (Lipinski definition) is 5. The number of furan rings is 1. The molecule has 3 aromatic rings. The minimum atomic E-state index is -0.476. The van der Waals surface area contributed by atoms with Crippen molar-refractivity contribution in [2.45, 2.75) is 53.1 Å². The minimum absolute atomic E-state index is 0.0229. The first kappa shape index (κ1) is 18.7. The van der Waals surface area contributed by atoms with Crippen LogP contribution < -0.4 is 10.9 Å². The Labute approximate surface area is 162 Å². The molecule has 1 aliphatic heterocycles. The molecule has 1 saturated heterocycles. The molecule has 0 unspecified atom stereocenters. The highest BCUT2D eigenvalue weighted by Crippen LogP contribution is 2.36. The number of carbonyl (C=O) groups is 1. The van der Waals surface area contributed by atoms with Crippen LogP contribution in [-0.2, 0) is 16.0 Å². The lowest BCUT2D eigenvalue weighted by molar-refractivity contribution is -0.121. The van der Waals surface area contributed by atoms with Gasteiger partial charge in [0.2, 0.25) is 5.91 Å². The molecule has 1 fully saturated rings. The highest BCUT2D eigenvalue weighted by atomic mass is 16.5. The number of carbonyl (C=O) groups excluding carboxylic acids is 1. The van der Waals surface area contributed by atoms with E-state index < -0.39 is 5.63 Å². The summed E-state index contributed by atoms with van der Waals surface area (Å²) >= 11 is 0. The van der Waals surface area contributed by atoms with Crippen LogP contribution in [0.15, 0.2) is 19.7 Å². The van der Waals surface area contributed by atoms with Crippen molar-refractivity contribution in [3.63, 3.8) is 0 Å². The van der Waals surface area contributed by atoms with Gasteiger partial charge in [0.15, 0.2) is 0 Å². The zero-order valence-electron chi connectivity index (χ0n) is 16.7. The van der Waals surface area contributed by atoms with Crippen molar-refractivity contribution in [1.29, 1.82) is 0 Å². The Morgan fingerprint density at radius 1 is 1.14 bits per heavy atom. The first-order valence-corrected chi connectivity index (χ1v) is 9.70. The van der Waals surface area contributed by atoms with Gasteiger partial charge in [-0.25, -0.2) is 4.79 Å². The lowest BCUT2D eigenvalue weighted by Gasteiger charge is -2.12. The average molecular weight is 383 g/mol. The standard InChI is InChI=1S/C22H25NO5/c1-11-8-17-20(21-19(11)12(2)14(4)27-21)13(3)16(22(25)28-17)9-18(24)23-10-15-6-5-7-26-15/h8,15H,5-7,9-10H2,1-4H3,(H,23,24)/t15-/m0/s1. The number of aryl methyl sites for hydroxylation is 4. The fourth-order valence-electron chi connectivity index (χ4n) is 4.09. The van der Waals surface area contributed by atoms with Crippen molar-refractivity contribution >= 4 is 27.8 Å². The van der Waals surface area contributed by atoms with Crippen molar-refractivity contribution in [2.75, 3.05) is 13.2 Å². The molecule has 1 amide bonds. The summed E-state index contributed by atoms with van der Waals surface area (Å²) in [5.74, 6) is 0.632. The van der Waals surface area contributed by atoms with Crippen LogP contribution in [-0.4, -0.2) is 25.2 Å². The molecular weight excluding hydrogens is 358 g/mol. The summed E-state index contributed by atoms with van der Waals surface area (Å²) in [5, 5.41) is 4.67. The Kier molecular flexibility index (Phi) is 4.75. The number of nitrogens with one attached hydrogen (secondary N) is 1. The van der Waals surface area contributed by atoms with E-state index in [1.807, 2.05) is 33.8 Å². The molecule has 6 nitrogen and oxygen atoms in total. The molecule has 1 aromatic carbocycles. The smallest absolute Gasteiger partial charge is 0.340 e. The van der Waals surface area contributed by atoms with Gasteiger partial charge in [-0.2, -0.15) is 0 Å². The SMILES string of the molecule is Cc1oc2c(c(C)cc3oc(=O)c(CC(=O)NC[C@@H]4CCCO4)c(C)c32)c1C. The molecule has 28 heavy (non-hydrogen) atoms. The summed E-state index contributed by atoms with van der Waals surface area (Å²) in [6.07, 6.45) is 2.01. The summed E-state index contributed by atoms with van der Waals surface area (Å²) in [6, 6.07) is 1.87. The van der Waals surface area contributed by atoms with Gasteiger partial charge in [0.25, 0.3) is 0 Å². The van der Waals surface area contributed by atoms with E-state index in [1.54, 1.807) is 0 Å². The molecule has 0 spiro atoms. The fourth-order valence-corrected chi connectivity index (χ4v) is 4.09. The maximum absolute atomic E-state index is 12.6. The van der Waals surface area contributed by atoms with Crippen LogP contribution in [0.2, 0.25) is 0 Å². The lowest BCUT2D eigenvalue weighted by atomic mass is 9.98. The highest BCUT2D eigenvalue weighted by Gasteiger charge is 2.22. The number of ether oxygens (including phenoxy) is 1. The van der Waals surface area contributed by atoms with E-state index in [9.17, 15) is 9.59 Å². The zero-order valence-corrected chi connectivity index (χ0v) is 16.7. The van der Waals surface area contributed by atoms with E-state index in [0.29, 0.717) is 23.3 Å². The maximum atomic E-state index is 12.6. The first-order valence-electron chi connectivity index (χ1n) is 9.70. The van der Waals surface area contributed by atoms with Gasteiger partial charge in [0, 0.05) is 18.5 Å². The Morgan fingerprint density at radius 3 is 2.64 bits per heavy atom. The molecule has 1 aliphatic rings. The van der Waals surface area contributed by atoms with Crippen molar-refractivity contribution < 1.29 is 18.4 Å². The Hall–Kier alpha value is -2.60. The monoisotopic (exact) mass is 383 g/mol. The van der Waals surface area contributed by atoms with Gasteiger partial charge in [0.05, 0.1) is 23.5 Å². The second kappa shape index (κ2) is 7.09. The third-order valence-electron chi connectivity index (χ3n) is 5.77. The van der Waals surface area contributed by atoms with Crippen LogP contribution in [0.5, 0.6) is 0 Å². The molecule has 1 N–H and O–H groups in total. The van der Waals surface area contributed by atoms with E-state index in [1.165, 1.54) is 0 Å². The second-order valence-corrected chi connectivity index (χ2v) is 7.66. The molecule has 148 valence electrons. The molecule has 0 saturated carbocycles. The number of hydrogen-bond donors (Lipinski definition) is 1. The molecule has 2 aromatic heterocycles. The van der Waals surface area contributed by atoms with Crippen LogP contribution >= 0.6 is 0 Å². The van der Waals surface area contributed by atoms with Crippen LogP contribution in [0.3, 0.4) is 0 Å². The molecule has 1 atom stereocenters. The largest absolute Gasteiger partial charge is 0.460 e. The van der Waals surface area contributed by atoms with Gasteiger partial charge in [0.1, 0.15) is 16.9 Å². The number of rotatable bonds is 4. The third-order valence-corrected chi connectivity index (χ3v) is 5.77. The third kappa shape index (κ3) is 3.11. The van der Waals surface area contributed by atoms with Crippen LogP contribution in [0.25, 0.3) is 21.9 Å². The van der Waals surface area contributed by atoms with Crippen molar-refractivity contribution in [2.24, 2.45) is 0 Å². The van der Waals surface area contributed by atoms with E-state index in [0.717, 1.165) is 52.7 Å². The number of benzene rings is 1. The van der Waals surface area contributed by atoms with E-state index >= 15 is 0 Å². The molecule has 0 radical (unpaired) electrons. The Morgan fingerprint density at radius 2 is 1.93 bits per heavy atom. The normalized spacial score (nSPS) is 16.9. The highest BCUT2D eigenvalue weighted by molar-refractivity contribution is 6.07. The van der Waals surface area contributed by atoms with Crippen LogP contribution in [0.4, 0.5) is 0 Å². The van der Waals surface area contributed by atoms with Crippen LogP contribution in [0.1, 0.15) is 40.9 Å². The zero-order chi connectivity index (χ0) is 20.0. The fraction of sp³-hybridized carbons (Fsp3) is 0.455. The predicted molar refractivity (Wildman–Crippen MR) is 107 cm³/mol. The number of fused-ring (bicyclic) bond motifs is 3. The maximum Gasteiger partial charge on any atom is 0.340 e. The topological polar surface area (TPSA) is 81.7 Å². The van der Waals surface area contributed by atoms with Crippen molar-refractivity contribution in [3.05, 3.63) is 44.5 Å². The molecular formula is C22H25NO5. The average Bonchev–Trinajstić information content (AvgIpc) is 3.25. The lowest BCUT2D eigenvalue weighted by Crippen LogP contribution is -2.34. The Bertz CT molecular complexity index is 1130. The molecule has 3 heterocycles. The van der Waals surface area contributed by atoms with Gasteiger partial charge in [-0.05, 0) is 63.3 Å². The molecule has 4 rings (SSSR count). The minimum Gasteiger partial charge on any atom is -0.460 e. The van der Waals surface area contributed by atoms with E-state index in [4.69, 9.17) is 13.6 Å². The summed E-state index contributed by atoms with van der Waals surface area (Å²) < 4.78 is 17.1. The first-order chi connectivity index (χ1) is 13.4. The quantitative estimate of drug-likeness (QED) is 0.696. The van der Waals surface area contributed by atoms with Gasteiger partial charge in [-0.3, -0.25) is 4.79 Å². The van der Waals surface area contributed by atoms with Gasteiger partial charge >= 0.3 is 5.63 Å². The second-order valence-electron chi connectivity index (χ2n) is 7.66. The predicted octanol–water partition coefficient (Wildman–Crippen LogP) is 3.61. The summed E-state index contributed by atoms with van der Waals surface area (Å²) in [6.45, 7) is 8.99. The molecule has 0 aliphatic carbocycles. The summed E-state index contributed by atoms with van der Waals surface area (Å²) in [7, 11) is 0. The van der Waals surface area contributed by atoms with Crippen molar-refractivity contribution in [3.8, 4) is 0 Å². The summed E-state index contributed by atoms with van der Waals surface area (Å²) in [4.78, 5) is 25.0. The van der Waals surface area contributed by atoms with Gasteiger partial charge in [-0.15, -0.1) is 0 Å². The summed E-state index contributed by atoms with van der Waals surface area (Å²) in [5.41, 5.74) is 3.91. The number of amides is 1.